The summed E-state index contributed by atoms with van der Waals surface area (Å²) in [6.07, 6.45) is 9.88. The smallest absolute Gasteiger partial charge is 0.225 e. The number of aromatic nitrogens is 2. The summed E-state index contributed by atoms with van der Waals surface area (Å²) >= 11 is 0. The Morgan fingerprint density at radius 2 is 2.05 bits per heavy atom. The number of nitrogens with one attached hydrogen (secondary N) is 1. The molecule has 2 atom stereocenters. The average Bonchev–Trinajstić information content (AvgIpc) is 3.01. The van der Waals surface area contributed by atoms with Gasteiger partial charge >= 0.3 is 0 Å². The van der Waals surface area contributed by atoms with Gasteiger partial charge in [-0.3, -0.25) is 0 Å². The van der Waals surface area contributed by atoms with Crippen LogP contribution in [0.15, 0.2) is 12.4 Å². The van der Waals surface area contributed by atoms with E-state index in [1.807, 2.05) is 0 Å². The Labute approximate surface area is 114 Å². The van der Waals surface area contributed by atoms with Crippen molar-refractivity contribution in [1.29, 1.82) is 0 Å². The van der Waals surface area contributed by atoms with Crippen molar-refractivity contribution in [2.75, 3.05) is 25.1 Å². The van der Waals surface area contributed by atoms with Crippen LogP contribution in [0.3, 0.4) is 0 Å². The van der Waals surface area contributed by atoms with E-state index in [0.29, 0.717) is 12.1 Å². The van der Waals surface area contributed by atoms with Gasteiger partial charge in [0.2, 0.25) is 5.95 Å². The molecule has 2 saturated heterocycles. The van der Waals surface area contributed by atoms with Crippen molar-refractivity contribution in [3.63, 3.8) is 0 Å². The van der Waals surface area contributed by atoms with Gasteiger partial charge in [0.05, 0.1) is 19.5 Å². The van der Waals surface area contributed by atoms with Crippen LogP contribution in [-0.4, -0.2) is 42.3 Å². The van der Waals surface area contributed by atoms with Gasteiger partial charge in [0.25, 0.3) is 0 Å². The van der Waals surface area contributed by atoms with Crippen molar-refractivity contribution in [1.82, 2.24) is 15.3 Å². The molecule has 3 rings (SSSR count). The molecule has 0 bridgehead atoms. The third-order valence-electron chi connectivity index (χ3n) is 4.22. The predicted molar refractivity (Wildman–Crippen MR) is 74.6 cm³/mol. The second-order valence-corrected chi connectivity index (χ2v) is 5.38. The third kappa shape index (κ3) is 2.66. The number of anilines is 1. The van der Waals surface area contributed by atoms with Crippen LogP contribution in [0.4, 0.5) is 5.95 Å². The van der Waals surface area contributed by atoms with Crippen LogP contribution in [0, 0.1) is 0 Å². The molecule has 19 heavy (non-hydrogen) atoms. The quantitative estimate of drug-likeness (QED) is 0.896. The molecule has 0 radical (unpaired) electrons. The van der Waals surface area contributed by atoms with Crippen molar-refractivity contribution in [2.24, 2.45) is 0 Å². The van der Waals surface area contributed by atoms with Gasteiger partial charge in [-0.15, -0.1) is 0 Å². The van der Waals surface area contributed by atoms with Gasteiger partial charge in [0.15, 0.2) is 5.75 Å². The second-order valence-electron chi connectivity index (χ2n) is 5.38. The van der Waals surface area contributed by atoms with E-state index < -0.39 is 0 Å². The maximum Gasteiger partial charge on any atom is 0.225 e. The zero-order chi connectivity index (χ0) is 13.1. The summed E-state index contributed by atoms with van der Waals surface area (Å²) in [5, 5.41) is 3.63. The number of rotatable bonds is 3. The summed E-state index contributed by atoms with van der Waals surface area (Å²) in [6.45, 7) is 2.22. The van der Waals surface area contributed by atoms with Gasteiger partial charge in [-0.2, -0.15) is 0 Å². The lowest BCUT2D eigenvalue weighted by Crippen LogP contribution is -2.51. The van der Waals surface area contributed by atoms with Gasteiger partial charge in [-0.05, 0) is 38.6 Å². The lowest BCUT2D eigenvalue weighted by atomic mass is 9.95. The average molecular weight is 262 g/mol. The molecule has 5 nitrogen and oxygen atoms in total. The number of methoxy groups -OCH3 is 1. The first-order chi connectivity index (χ1) is 9.38. The number of piperidine rings is 1. The van der Waals surface area contributed by atoms with E-state index in [4.69, 9.17) is 4.74 Å². The first-order valence-electron chi connectivity index (χ1n) is 7.24. The molecule has 0 aromatic carbocycles. The van der Waals surface area contributed by atoms with E-state index in [-0.39, 0.29) is 0 Å². The van der Waals surface area contributed by atoms with Crippen LogP contribution in [-0.2, 0) is 0 Å². The second kappa shape index (κ2) is 5.74. The largest absolute Gasteiger partial charge is 0.494 e. The fourth-order valence-corrected chi connectivity index (χ4v) is 3.23. The molecule has 0 amide bonds. The summed E-state index contributed by atoms with van der Waals surface area (Å²) in [5.41, 5.74) is 0. The van der Waals surface area contributed by atoms with Crippen LogP contribution in [0.1, 0.15) is 32.1 Å². The van der Waals surface area contributed by atoms with Gasteiger partial charge in [0.1, 0.15) is 0 Å². The highest BCUT2D eigenvalue weighted by Gasteiger charge is 2.32. The van der Waals surface area contributed by atoms with Gasteiger partial charge in [-0.1, -0.05) is 0 Å². The maximum absolute atomic E-state index is 5.13. The summed E-state index contributed by atoms with van der Waals surface area (Å²) < 4.78 is 5.13. The highest BCUT2D eigenvalue weighted by molar-refractivity contribution is 5.34. The Balaban J connectivity index is 1.78. The molecule has 2 fully saturated rings. The predicted octanol–water partition coefficient (Wildman–Crippen LogP) is 1.60. The van der Waals surface area contributed by atoms with Crippen molar-refractivity contribution in [3.05, 3.63) is 12.4 Å². The Morgan fingerprint density at radius 3 is 2.74 bits per heavy atom. The Bertz CT molecular complexity index is 402. The first-order valence-corrected chi connectivity index (χ1v) is 7.24. The molecule has 1 N–H and O–H groups in total. The lowest BCUT2D eigenvalue weighted by Gasteiger charge is -2.39. The minimum Gasteiger partial charge on any atom is -0.494 e. The molecule has 0 aliphatic carbocycles. The summed E-state index contributed by atoms with van der Waals surface area (Å²) in [4.78, 5) is 11.3. The fraction of sp³-hybridized carbons (Fsp3) is 0.714. The van der Waals surface area contributed by atoms with Crippen LogP contribution in [0.5, 0.6) is 5.75 Å². The molecular weight excluding hydrogens is 240 g/mol. The minimum absolute atomic E-state index is 0.546. The summed E-state index contributed by atoms with van der Waals surface area (Å²) in [6, 6.07) is 1.15. The van der Waals surface area contributed by atoms with E-state index in [0.717, 1.165) is 24.8 Å². The molecular formula is C14H22N4O. The van der Waals surface area contributed by atoms with E-state index in [2.05, 4.69) is 20.2 Å². The van der Waals surface area contributed by atoms with Gasteiger partial charge in [0, 0.05) is 18.6 Å². The molecule has 5 heteroatoms. The maximum atomic E-state index is 5.13. The number of nitrogens with zero attached hydrogens (tertiary/aromatic N) is 3. The van der Waals surface area contributed by atoms with Crippen molar-refractivity contribution >= 4 is 5.95 Å². The Kier molecular flexibility index (Phi) is 3.82. The highest BCUT2D eigenvalue weighted by atomic mass is 16.5. The molecule has 2 aliphatic heterocycles. The number of ether oxygens (including phenoxy) is 1. The molecule has 2 aliphatic rings. The van der Waals surface area contributed by atoms with E-state index in [1.54, 1.807) is 19.5 Å². The van der Waals surface area contributed by atoms with Crippen LogP contribution < -0.4 is 15.0 Å². The summed E-state index contributed by atoms with van der Waals surface area (Å²) in [7, 11) is 1.64. The van der Waals surface area contributed by atoms with Crippen LogP contribution in [0.25, 0.3) is 0 Å². The lowest BCUT2D eigenvalue weighted by molar-refractivity contribution is 0.372. The third-order valence-corrected chi connectivity index (χ3v) is 4.22. The SMILES string of the molecule is COc1cnc(N2CCCCC2C2CCCN2)nc1. The molecule has 0 saturated carbocycles. The highest BCUT2D eigenvalue weighted by Crippen LogP contribution is 2.27. The van der Waals surface area contributed by atoms with Crippen molar-refractivity contribution < 1.29 is 4.74 Å². The summed E-state index contributed by atoms with van der Waals surface area (Å²) in [5.74, 6) is 1.57. The molecule has 3 heterocycles. The fourth-order valence-electron chi connectivity index (χ4n) is 3.23. The Hall–Kier alpha value is -1.36. The standard InChI is InChI=1S/C14H22N4O/c1-19-11-9-16-14(17-10-11)18-8-3-2-6-13(18)12-5-4-7-15-12/h9-10,12-13,15H,2-8H2,1H3. The van der Waals surface area contributed by atoms with E-state index >= 15 is 0 Å². The molecule has 1 aromatic heterocycles. The zero-order valence-electron chi connectivity index (χ0n) is 11.5. The van der Waals surface area contributed by atoms with E-state index in [9.17, 15) is 0 Å². The number of hydrogen-bond donors (Lipinski definition) is 1. The molecule has 2 unspecified atom stereocenters. The Morgan fingerprint density at radius 1 is 1.21 bits per heavy atom. The normalized spacial score (nSPS) is 27.5. The van der Waals surface area contributed by atoms with Gasteiger partial charge in [-0.25, -0.2) is 9.97 Å². The zero-order valence-corrected chi connectivity index (χ0v) is 11.5. The van der Waals surface area contributed by atoms with E-state index in [1.165, 1.54) is 32.1 Å². The first kappa shape index (κ1) is 12.7. The van der Waals surface area contributed by atoms with Crippen LogP contribution >= 0.6 is 0 Å². The minimum atomic E-state index is 0.546. The molecule has 0 spiro atoms. The van der Waals surface area contributed by atoms with Crippen molar-refractivity contribution in [3.8, 4) is 5.75 Å². The molecule has 104 valence electrons. The number of hydrogen-bond acceptors (Lipinski definition) is 5. The molecule has 1 aromatic rings. The monoisotopic (exact) mass is 262 g/mol. The van der Waals surface area contributed by atoms with Crippen LogP contribution in [0.2, 0.25) is 0 Å². The topological polar surface area (TPSA) is 50.3 Å². The van der Waals surface area contributed by atoms with Gasteiger partial charge < -0.3 is 15.0 Å². The van der Waals surface area contributed by atoms with Crippen molar-refractivity contribution in [2.45, 2.75) is 44.2 Å².